The summed E-state index contributed by atoms with van der Waals surface area (Å²) >= 11 is 0. The lowest BCUT2D eigenvalue weighted by molar-refractivity contribution is 0.0697. The standard InChI is InChI=1S/C21H16N2O3/c24-19(13-4-2-1-3-5-13)14-6-8-15(9-7-14)20-22-17-11-10-16(21(25)26)12-18(17)23-20/h1-12,19,24H,(H,22,23)(H,25,26). The molecule has 128 valence electrons. The molecule has 0 saturated carbocycles. The molecule has 1 atom stereocenters. The molecule has 5 heteroatoms. The van der Waals surface area contributed by atoms with E-state index in [1.165, 1.54) is 0 Å². The number of hydrogen-bond acceptors (Lipinski definition) is 3. The van der Waals surface area contributed by atoms with Gasteiger partial charge >= 0.3 is 5.97 Å². The summed E-state index contributed by atoms with van der Waals surface area (Å²) in [6.07, 6.45) is -0.681. The number of aliphatic hydroxyl groups excluding tert-OH is 1. The van der Waals surface area contributed by atoms with Crippen LogP contribution in [0.25, 0.3) is 22.4 Å². The van der Waals surface area contributed by atoms with Crippen LogP contribution in [0.3, 0.4) is 0 Å². The highest BCUT2D eigenvalue weighted by atomic mass is 16.4. The zero-order valence-electron chi connectivity index (χ0n) is 13.8. The third-order valence-electron chi connectivity index (χ3n) is 4.35. The molecule has 3 N–H and O–H groups in total. The molecule has 0 aliphatic heterocycles. The number of carboxylic acids is 1. The monoisotopic (exact) mass is 344 g/mol. The molecule has 0 saturated heterocycles. The second kappa shape index (κ2) is 6.46. The van der Waals surface area contributed by atoms with E-state index in [1.54, 1.807) is 18.2 Å². The average Bonchev–Trinajstić information content (AvgIpc) is 3.11. The van der Waals surface area contributed by atoms with Crippen LogP contribution in [0.1, 0.15) is 27.6 Å². The van der Waals surface area contributed by atoms with Crippen LogP contribution in [0.4, 0.5) is 0 Å². The highest BCUT2D eigenvalue weighted by molar-refractivity contribution is 5.93. The van der Waals surface area contributed by atoms with Crippen molar-refractivity contribution in [1.29, 1.82) is 0 Å². The number of aliphatic hydroxyl groups is 1. The van der Waals surface area contributed by atoms with Crippen molar-refractivity contribution in [1.82, 2.24) is 9.97 Å². The minimum absolute atomic E-state index is 0.205. The van der Waals surface area contributed by atoms with E-state index in [0.717, 1.165) is 22.2 Å². The third kappa shape index (κ3) is 2.96. The molecule has 0 aliphatic rings. The van der Waals surface area contributed by atoms with Crippen LogP contribution >= 0.6 is 0 Å². The number of aromatic amines is 1. The number of H-pyrrole nitrogens is 1. The number of imidazole rings is 1. The summed E-state index contributed by atoms with van der Waals surface area (Å²) in [6.45, 7) is 0. The highest BCUT2D eigenvalue weighted by Gasteiger charge is 2.12. The lowest BCUT2D eigenvalue weighted by atomic mass is 10.0. The Hall–Kier alpha value is -3.44. The Labute approximate surface area is 149 Å². The Morgan fingerprint density at radius 1 is 0.923 bits per heavy atom. The van der Waals surface area contributed by atoms with E-state index in [2.05, 4.69) is 9.97 Å². The first-order chi connectivity index (χ1) is 12.6. The second-order valence-electron chi connectivity index (χ2n) is 6.06. The molecule has 3 aromatic carbocycles. The first-order valence-electron chi connectivity index (χ1n) is 8.18. The van der Waals surface area contributed by atoms with Gasteiger partial charge in [0.2, 0.25) is 0 Å². The van der Waals surface area contributed by atoms with Gasteiger partial charge in [-0.2, -0.15) is 0 Å². The van der Waals surface area contributed by atoms with Gasteiger partial charge in [0.05, 0.1) is 16.6 Å². The van der Waals surface area contributed by atoms with E-state index in [-0.39, 0.29) is 5.56 Å². The van der Waals surface area contributed by atoms with Crippen molar-refractivity contribution >= 4 is 17.0 Å². The summed E-state index contributed by atoms with van der Waals surface area (Å²) in [5, 5.41) is 19.6. The highest BCUT2D eigenvalue weighted by Crippen LogP contribution is 2.26. The van der Waals surface area contributed by atoms with Crippen molar-refractivity contribution in [2.75, 3.05) is 0 Å². The van der Waals surface area contributed by atoms with Gasteiger partial charge in [0.1, 0.15) is 11.9 Å². The zero-order chi connectivity index (χ0) is 18.1. The van der Waals surface area contributed by atoms with Crippen LogP contribution in [-0.2, 0) is 0 Å². The van der Waals surface area contributed by atoms with Gasteiger partial charge in [-0.15, -0.1) is 0 Å². The van der Waals surface area contributed by atoms with Gasteiger partial charge in [-0.25, -0.2) is 9.78 Å². The minimum atomic E-state index is -0.976. The van der Waals surface area contributed by atoms with Gasteiger partial charge in [0.25, 0.3) is 0 Å². The maximum absolute atomic E-state index is 11.1. The molecule has 0 bridgehead atoms. The summed E-state index contributed by atoms with van der Waals surface area (Å²) in [7, 11) is 0. The van der Waals surface area contributed by atoms with E-state index < -0.39 is 12.1 Å². The number of hydrogen-bond donors (Lipinski definition) is 3. The summed E-state index contributed by atoms with van der Waals surface area (Å²) in [6, 6.07) is 21.8. The van der Waals surface area contributed by atoms with Crippen molar-refractivity contribution in [2.45, 2.75) is 6.10 Å². The van der Waals surface area contributed by atoms with Crippen molar-refractivity contribution in [2.24, 2.45) is 0 Å². The first-order valence-corrected chi connectivity index (χ1v) is 8.18. The largest absolute Gasteiger partial charge is 0.478 e. The predicted molar refractivity (Wildman–Crippen MR) is 99.0 cm³/mol. The van der Waals surface area contributed by atoms with Crippen LogP contribution in [0.5, 0.6) is 0 Å². The average molecular weight is 344 g/mol. The summed E-state index contributed by atoms with van der Waals surface area (Å²) in [5.74, 6) is -0.320. The Balaban J connectivity index is 1.64. The number of fused-ring (bicyclic) bond motifs is 1. The quantitative estimate of drug-likeness (QED) is 0.522. The fourth-order valence-electron chi connectivity index (χ4n) is 2.93. The second-order valence-corrected chi connectivity index (χ2v) is 6.06. The number of carbonyl (C=O) groups is 1. The van der Waals surface area contributed by atoms with Crippen LogP contribution in [0.2, 0.25) is 0 Å². The Morgan fingerprint density at radius 2 is 1.62 bits per heavy atom. The van der Waals surface area contributed by atoms with Gasteiger partial charge < -0.3 is 15.2 Å². The topological polar surface area (TPSA) is 86.2 Å². The van der Waals surface area contributed by atoms with Crippen LogP contribution in [-0.4, -0.2) is 26.2 Å². The fourth-order valence-corrected chi connectivity index (χ4v) is 2.93. The number of nitrogens with zero attached hydrogens (tertiary/aromatic N) is 1. The Morgan fingerprint density at radius 3 is 2.31 bits per heavy atom. The van der Waals surface area contributed by atoms with Gasteiger partial charge in [-0.1, -0.05) is 54.6 Å². The fraction of sp³-hybridized carbons (Fsp3) is 0.0476. The molecule has 1 heterocycles. The molecule has 5 nitrogen and oxygen atoms in total. The van der Waals surface area contributed by atoms with E-state index in [9.17, 15) is 9.90 Å². The van der Waals surface area contributed by atoms with Crippen LogP contribution in [0.15, 0.2) is 72.8 Å². The number of rotatable bonds is 4. The number of carboxylic acid groups (broad SMARTS) is 1. The Kier molecular flexibility index (Phi) is 3.99. The molecule has 26 heavy (non-hydrogen) atoms. The molecule has 0 radical (unpaired) electrons. The number of aromatic carboxylic acids is 1. The van der Waals surface area contributed by atoms with Crippen molar-refractivity contribution in [3.63, 3.8) is 0 Å². The normalized spacial score (nSPS) is 12.2. The summed E-state index contributed by atoms with van der Waals surface area (Å²) < 4.78 is 0. The molecular formula is C21H16N2O3. The first kappa shape index (κ1) is 16.1. The van der Waals surface area contributed by atoms with E-state index in [4.69, 9.17) is 5.11 Å². The molecule has 4 rings (SSSR count). The predicted octanol–water partition coefficient (Wildman–Crippen LogP) is 4.01. The molecule has 1 unspecified atom stereocenters. The number of nitrogens with one attached hydrogen (secondary N) is 1. The maximum atomic E-state index is 11.1. The Bertz CT molecular complexity index is 1070. The van der Waals surface area contributed by atoms with Crippen LogP contribution < -0.4 is 0 Å². The lowest BCUT2D eigenvalue weighted by Crippen LogP contribution is -1.99. The van der Waals surface area contributed by atoms with E-state index in [0.29, 0.717) is 11.3 Å². The minimum Gasteiger partial charge on any atom is -0.478 e. The SMILES string of the molecule is O=C(O)c1ccc2[nH]c(-c3ccc(C(O)c4ccccc4)cc3)nc2c1. The van der Waals surface area contributed by atoms with Crippen molar-refractivity contribution in [3.8, 4) is 11.4 Å². The third-order valence-corrected chi connectivity index (χ3v) is 4.35. The number of aromatic nitrogens is 2. The summed E-state index contributed by atoms with van der Waals surface area (Å²) in [4.78, 5) is 18.7. The van der Waals surface area contributed by atoms with Gasteiger partial charge in [0.15, 0.2) is 0 Å². The maximum Gasteiger partial charge on any atom is 0.335 e. The van der Waals surface area contributed by atoms with E-state index in [1.807, 2.05) is 54.6 Å². The lowest BCUT2D eigenvalue weighted by Gasteiger charge is -2.11. The molecule has 1 aromatic heterocycles. The molecule has 0 amide bonds. The van der Waals surface area contributed by atoms with Crippen molar-refractivity contribution in [3.05, 3.63) is 89.5 Å². The van der Waals surface area contributed by atoms with Crippen LogP contribution in [0, 0.1) is 0 Å². The van der Waals surface area contributed by atoms with E-state index >= 15 is 0 Å². The molecule has 0 spiro atoms. The molecule has 4 aromatic rings. The van der Waals surface area contributed by atoms with Gasteiger partial charge in [-0.05, 0) is 29.3 Å². The molecular weight excluding hydrogens is 328 g/mol. The molecule has 0 aliphatic carbocycles. The molecule has 0 fully saturated rings. The van der Waals surface area contributed by atoms with Gasteiger partial charge in [-0.3, -0.25) is 0 Å². The number of benzene rings is 3. The summed E-state index contributed by atoms with van der Waals surface area (Å²) in [5.41, 5.74) is 4.08. The zero-order valence-corrected chi connectivity index (χ0v) is 13.8. The van der Waals surface area contributed by atoms with Crippen molar-refractivity contribution < 1.29 is 15.0 Å². The smallest absolute Gasteiger partial charge is 0.335 e. The van der Waals surface area contributed by atoms with Gasteiger partial charge in [0, 0.05) is 5.56 Å².